The SMILES string of the molecule is CCc1cccc(N(C(=N)N)c2cc(CC)ccc2Cl)c1. The van der Waals surface area contributed by atoms with Gasteiger partial charge in [0.15, 0.2) is 5.96 Å². The van der Waals surface area contributed by atoms with Crippen molar-refractivity contribution in [3.63, 3.8) is 0 Å². The molecule has 0 saturated heterocycles. The lowest BCUT2D eigenvalue weighted by molar-refractivity contribution is 1.12. The average molecular weight is 302 g/mol. The molecule has 2 aromatic carbocycles. The van der Waals surface area contributed by atoms with E-state index in [2.05, 4.69) is 19.9 Å². The fraction of sp³-hybridized carbons (Fsp3) is 0.235. The van der Waals surface area contributed by atoms with Crippen LogP contribution in [0.2, 0.25) is 5.02 Å². The third-order valence-corrected chi connectivity index (χ3v) is 3.80. The predicted octanol–water partition coefficient (Wildman–Crippen LogP) is 4.50. The highest BCUT2D eigenvalue weighted by atomic mass is 35.5. The van der Waals surface area contributed by atoms with Gasteiger partial charge in [-0.25, -0.2) is 0 Å². The summed E-state index contributed by atoms with van der Waals surface area (Å²) in [5, 5.41) is 8.51. The lowest BCUT2D eigenvalue weighted by Crippen LogP contribution is -2.32. The first-order chi connectivity index (χ1) is 10.1. The summed E-state index contributed by atoms with van der Waals surface area (Å²) in [5.74, 6) is -0.0431. The minimum atomic E-state index is -0.0431. The molecule has 4 heteroatoms. The van der Waals surface area contributed by atoms with Crippen LogP contribution in [-0.4, -0.2) is 5.96 Å². The third kappa shape index (κ3) is 3.37. The van der Waals surface area contributed by atoms with E-state index in [9.17, 15) is 0 Å². The van der Waals surface area contributed by atoms with E-state index in [0.717, 1.165) is 29.8 Å². The monoisotopic (exact) mass is 301 g/mol. The number of nitrogens with zero attached hydrogens (tertiary/aromatic N) is 1. The number of anilines is 2. The molecule has 0 aliphatic carbocycles. The molecule has 110 valence electrons. The van der Waals surface area contributed by atoms with Gasteiger partial charge in [-0.15, -0.1) is 0 Å². The molecular weight excluding hydrogens is 282 g/mol. The Balaban J connectivity index is 2.55. The second kappa shape index (κ2) is 6.64. The molecule has 0 saturated carbocycles. The fourth-order valence-electron chi connectivity index (χ4n) is 2.27. The molecule has 0 aliphatic heterocycles. The lowest BCUT2D eigenvalue weighted by Gasteiger charge is -2.25. The van der Waals surface area contributed by atoms with Crippen molar-refractivity contribution in [2.45, 2.75) is 26.7 Å². The van der Waals surface area contributed by atoms with Crippen LogP contribution in [0.5, 0.6) is 0 Å². The van der Waals surface area contributed by atoms with Gasteiger partial charge in [0.1, 0.15) is 0 Å². The molecule has 3 nitrogen and oxygen atoms in total. The van der Waals surface area contributed by atoms with Crippen LogP contribution < -0.4 is 10.6 Å². The number of guanidine groups is 1. The van der Waals surface area contributed by atoms with Gasteiger partial charge in [0.25, 0.3) is 0 Å². The summed E-state index contributed by atoms with van der Waals surface area (Å²) < 4.78 is 0. The van der Waals surface area contributed by atoms with E-state index in [0.29, 0.717) is 5.02 Å². The lowest BCUT2D eigenvalue weighted by atomic mass is 10.1. The minimum absolute atomic E-state index is 0.0431. The van der Waals surface area contributed by atoms with E-state index in [-0.39, 0.29) is 5.96 Å². The Hall–Kier alpha value is -2.00. The van der Waals surface area contributed by atoms with Gasteiger partial charge in [0, 0.05) is 5.69 Å². The number of halogens is 1. The molecule has 0 aliphatic rings. The van der Waals surface area contributed by atoms with Gasteiger partial charge in [0.2, 0.25) is 0 Å². The fourth-order valence-corrected chi connectivity index (χ4v) is 2.47. The number of rotatable bonds is 4. The molecule has 0 heterocycles. The van der Waals surface area contributed by atoms with Crippen molar-refractivity contribution in [2.75, 3.05) is 4.90 Å². The van der Waals surface area contributed by atoms with Crippen molar-refractivity contribution in [1.29, 1.82) is 5.41 Å². The second-order valence-electron chi connectivity index (χ2n) is 4.88. The highest BCUT2D eigenvalue weighted by Gasteiger charge is 2.16. The summed E-state index contributed by atoms with van der Waals surface area (Å²) in [6, 6.07) is 13.9. The molecule has 0 radical (unpaired) electrons. The van der Waals surface area contributed by atoms with Crippen LogP contribution in [-0.2, 0) is 12.8 Å². The van der Waals surface area contributed by atoms with Crippen molar-refractivity contribution >= 4 is 28.9 Å². The van der Waals surface area contributed by atoms with Crippen LogP contribution in [0.3, 0.4) is 0 Å². The van der Waals surface area contributed by atoms with Crippen LogP contribution in [0.1, 0.15) is 25.0 Å². The second-order valence-corrected chi connectivity index (χ2v) is 5.29. The Morgan fingerprint density at radius 2 is 1.76 bits per heavy atom. The van der Waals surface area contributed by atoms with Gasteiger partial charge in [-0.05, 0) is 48.2 Å². The Bertz CT molecular complexity index is 652. The number of aryl methyl sites for hydroxylation is 2. The number of hydrogen-bond donors (Lipinski definition) is 2. The summed E-state index contributed by atoms with van der Waals surface area (Å²) in [6.45, 7) is 4.19. The standard InChI is InChI=1S/C17H20ClN3/c1-3-12-6-5-7-14(10-12)21(17(19)20)16-11-13(4-2)8-9-15(16)18/h5-11H,3-4H2,1-2H3,(H3,19,20). The smallest absolute Gasteiger partial charge is 0.197 e. The maximum Gasteiger partial charge on any atom is 0.197 e. The van der Waals surface area contributed by atoms with Crippen molar-refractivity contribution in [2.24, 2.45) is 5.73 Å². The molecule has 0 aromatic heterocycles. The molecule has 0 unspecified atom stereocenters. The molecule has 0 atom stereocenters. The first kappa shape index (κ1) is 15.4. The molecule has 2 aromatic rings. The van der Waals surface area contributed by atoms with Gasteiger partial charge < -0.3 is 5.73 Å². The van der Waals surface area contributed by atoms with Crippen LogP contribution in [0.15, 0.2) is 42.5 Å². The summed E-state index contributed by atoms with van der Waals surface area (Å²) in [5.41, 5.74) is 9.76. The third-order valence-electron chi connectivity index (χ3n) is 3.48. The summed E-state index contributed by atoms with van der Waals surface area (Å²) in [6.07, 6.45) is 1.84. The van der Waals surface area contributed by atoms with Crippen molar-refractivity contribution in [1.82, 2.24) is 0 Å². The summed E-state index contributed by atoms with van der Waals surface area (Å²) in [7, 11) is 0. The van der Waals surface area contributed by atoms with Crippen molar-refractivity contribution < 1.29 is 0 Å². The van der Waals surface area contributed by atoms with Crippen LogP contribution >= 0.6 is 11.6 Å². The van der Waals surface area contributed by atoms with Gasteiger partial charge in [-0.1, -0.05) is 43.6 Å². The van der Waals surface area contributed by atoms with E-state index in [1.165, 1.54) is 5.56 Å². The molecule has 0 bridgehead atoms. The van der Waals surface area contributed by atoms with Gasteiger partial charge >= 0.3 is 0 Å². The van der Waals surface area contributed by atoms with Crippen LogP contribution in [0, 0.1) is 5.41 Å². The van der Waals surface area contributed by atoms with Gasteiger partial charge in [-0.2, -0.15) is 0 Å². The molecule has 3 N–H and O–H groups in total. The normalized spacial score (nSPS) is 10.4. The first-order valence-electron chi connectivity index (χ1n) is 7.08. The molecule has 0 fully saturated rings. The topological polar surface area (TPSA) is 53.1 Å². The molecule has 21 heavy (non-hydrogen) atoms. The largest absolute Gasteiger partial charge is 0.369 e. The average Bonchev–Trinajstić information content (AvgIpc) is 2.49. The number of benzene rings is 2. The van der Waals surface area contributed by atoms with E-state index in [4.69, 9.17) is 22.7 Å². The van der Waals surface area contributed by atoms with Crippen LogP contribution in [0.4, 0.5) is 11.4 Å². The maximum atomic E-state index is 7.92. The van der Waals surface area contributed by atoms with E-state index < -0.39 is 0 Å². The number of nitrogens with two attached hydrogens (primary N) is 1. The van der Waals surface area contributed by atoms with Crippen molar-refractivity contribution in [3.05, 3.63) is 58.6 Å². The molecule has 0 spiro atoms. The number of nitrogens with one attached hydrogen (secondary N) is 1. The van der Waals surface area contributed by atoms with E-state index >= 15 is 0 Å². The molecular formula is C17H20ClN3. The number of hydrogen-bond acceptors (Lipinski definition) is 1. The molecule has 0 amide bonds. The zero-order valence-electron chi connectivity index (χ0n) is 12.4. The highest BCUT2D eigenvalue weighted by molar-refractivity contribution is 6.34. The predicted molar refractivity (Wildman–Crippen MR) is 90.7 cm³/mol. The quantitative estimate of drug-likeness (QED) is 0.645. The Morgan fingerprint density at radius 3 is 2.38 bits per heavy atom. The van der Waals surface area contributed by atoms with Crippen LogP contribution in [0.25, 0.3) is 0 Å². The summed E-state index contributed by atoms with van der Waals surface area (Å²) >= 11 is 6.32. The van der Waals surface area contributed by atoms with Gasteiger partial charge in [-0.3, -0.25) is 10.3 Å². The Labute approximate surface area is 130 Å². The first-order valence-corrected chi connectivity index (χ1v) is 7.46. The minimum Gasteiger partial charge on any atom is -0.369 e. The zero-order valence-corrected chi connectivity index (χ0v) is 13.1. The zero-order chi connectivity index (χ0) is 15.4. The highest BCUT2D eigenvalue weighted by Crippen LogP contribution is 2.33. The Kier molecular flexibility index (Phi) is 4.86. The maximum absolute atomic E-state index is 7.92. The summed E-state index contributed by atoms with van der Waals surface area (Å²) in [4.78, 5) is 1.68. The van der Waals surface area contributed by atoms with Crippen molar-refractivity contribution in [3.8, 4) is 0 Å². The molecule has 2 rings (SSSR count). The Morgan fingerprint density at radius 1 is 1.10 bits per heavy atom. The van der Waals surface area contributed by atoms with E-state index in [1.54, 1.807) is 4.90 Å². The van der Waals surface area contributed by atoms with Gasteiger partial charge in [0.05, 0.1) is 10.7 Å². The van der Waals surface area contributed by atoms with E-state index in [1.807, 2.05) is 36.4 Å².